The van der Waals surface area contributed by atoms with Crippen molar-refractivity contribution in [1.29, 1.82) is 0 Å². The number of nitrogens with two attached hydrogens (primary N) is 1. The number of carbonyl (C=O) groups is 1. The van der Waals surface area contributed by atoms with Crippen LogP contribution in [-0.4, -0.2) is 21.0 Å². The molecule has 4 aromatic rings. The summed E-state index contributed by atoms with van der Waals surface area (Å²) in [6.07, 6.45) is 1.51. The van der Waals surface area contributed by atoms with E-state index in [1.807, 2.05) is 20.8 Å². The molecule has 2 aromatic heterocycles. The fourth-order valence-electron chi connectivity index (χ4n) is 3.16. The first kappa shape index (κ1) is 24.5. The molecule has 0 spiro atoms. The average molecular weight is 515 g/mol. The highest BCUT2D eigenvalue weighted by Gasteiger charge is 2.25. The number of aromatic nitrogens is 3. The Balaban J connectivity index is 1.71. The van der Waals surface area contributed by atoms with E-state index in [-0.39, 0.29) is 27.6 Å². The number of nitrogens with zero attached hydrogens (tertiary/aromatic N) is 3. The van der Waals surface area contributed by atoms with Crippen LogP contribution in [0.25, 0.3) is 21.8 Å². The molecule has 2 aromatic carbocycles. The third-order valence-electron chi connectivity index (χ3n) is 4.83. The van der Waals surface area contributed by atoms with Crippen LogP contribution in [0.2, 0.25) is 5.02 Å². The van der Waals surface area contributed by atoms with Gasteiger partial charge in [0.15, 0.2) is 0 Å². The Labute approximate surface area is 209 Å². The second-order valence-electron chi connectivity index (χ2n) is 8.64. The Morgan fingerprint density at radius 1 is 1.06 bits per heavy atom. The molecule has 0 bridgehead atoms. The first-order valence-electron chi connectivity index (χ1n) is 10.4. The number of halogens is 3. The SMILES string of the molecule is CC(C)(C)c1nc(-c2ccnc(N)n2)c(-c2cc(NC(=O)Nc3cc(F)ccc3Cl)ccc2F)s1. The molecule has 0 unspecified atom stereocenters. The standard InChI is InChI=1S/C24H21ClF2N6OS/c1-24(2,3)21-33-19(17-8-9-29-22(28)31-17)20(35-21)14-11-13(5-7-16(14)27)30-23(34)32-18-10-12(26)4-6-15(18)25/h4-11H,1-3H3,(H2,28,29,31)(H2,30,32,34). The molecule has 0 saturated carbocycles. The molecule has 0 aliphatic heterocycles. The van der Waals surface area contributed by atoms with E-state index in [4.69, 9.17) is 22.3 Å². The molecule has 4 rings (SSSR count). The van der Waals surface area contributed by atoms with E-state index < -0.39 is 17.7 Å². The predicted molar refractivity (Wildman–Crippen MR) is 136 cm³/mol. The number of nitrogen functional groups attached to an aromatic ring is 1. The van der Waals surface area contributed by atoms with Crippen molar-refractivity contribution in [2.24, 2.45) is 0 Å². The number of hydrogen-bond donors (Lipinski definition) is 3. The van der Waals surface area contributed by atoms with Gasteiger partial charge < -0.3 is 16.4 Å². The van der Waals surface area contributed by atoms with Gasteiger partial charge in [0.1, 0.15) is 17.3 Å². The summed E-state index contributed by atoms with van der Waals surface area (Å²) in [6.45, 7) is 6.01. The van der Waals surface area contributed by atoms with E-state index in [9.17, 15) is 9.18 Å². The zero-order chi connectivity index (χ0) is 25.3. The summed E-state index contributed by atoms with van der Waals surface area (Å²) < 4.78 is 28.6. The van der Waals surface area contributed by atoms with Crippen molar-refractivity contribution in [3.8, 4) is 21.8 Å². The molecule has 35 heavy (non-hydrogen) atoms. The Morgan fingerprint density at radius 2 is 1.83 bits per heavy atom. The second-order valence-corrected chi connectivity index (χ2v) is 10.1. The number of benzene rings is 2. The van der Waals surface area contributed by atoms with Gasteiger partial charge in [0.25, 0.3) is 0 Å². The largest absolute Gasteiger partial charge is 0.368 e. The van der Waals surface area contributed by atoms with Gasteiger partial charge in [-0.3, -0.25) is 0 Å². The van der Waals surface area contributed by atoms with Gasteiger partial charge in [-0.25, -0.2) is 28.5 Å². The maximum atomic E-state index is 15.1. The van der Waals surface area contributed by atoms with Crippen molar-refractivity contribution >= 4 is 46.3 Å². The first-order chi connectivity index (χ1) is 16.5. The maximum absolute atomic E-state index is 15.1. The van der Waals surface area contributed by atoms with Crippen LogP contribution in [-0.2, 0) is 5.41 Å². The predicted octanol–water partition coefficient (Wildman–Crippen LogP) is 6.72. The molecule has 0 radical (unpaired) electrons. The van der Waals surface area contributed by atoms with Gasteiger partial charge in [-0.15, -0.1) is 11.3 Å². The molecule has 0 aliphatic rings. The Morgan fingerprint density at radius 3 is 2.54 bits per heavy atom. The van der Waals surface area contributed by atoms with Crippen molar-refractivity contribution in [1.82, 2.24) is 15.0 Å². The highest BCUT2D eigenvalue weighted by atomic mass is 35.5. The lowest BCUT2D eigenvalue weighted by Crippen LogP contribution is -2.19. The van der Waals surface area contributed by atoms with Crippen molar-refractivity contribution in [3.63, 3.8) is 0 Å². The fourth-order valence-corrected chi connectivity index (χ4v) is 4.47. The molecular weight excluding hydrogens is 494 g/mol. The van der Waals surface area contributed by atoms with Gasteiger partial charge in [0, 0.05) is 22.9 Å². The van der Waals surface area contributed by atoms with Crippen molar-refractivity contribution in [2.75, 3.05) is 16.4 Å². The van der Waals surface area contributed by atoms with Crippen LogP contribution in [0.15, 0.2) is 48.7 Å². The lowest BCUT2D eigenvalue weighted by Gasteiger charge is -2.13. The molecule has 2 amide bonds. The fraction of sp³-hybridized carbons (Fsp3) is 0.167. The number of rotatable bonds is 4. The summed E-state index contributed by atoms with van der Waals surface area (Å²) in [7, 11) is 0. The van der Waals surface area contributed by atoms with Crippen LogP contribution in [0.5, 0.6) is 0 Å². The smallest absolute Gasteiger partial charge is 0.323 e. The minimum absolute atomic E-state index is 0.0716. The average Bonchev–Trinajstić information content (AvgIpc) is 3.23. The minimum Gasteiger partial charge on any atom is -0.368 e. The second kappa shape index (κ2) is 9.55. The summed E-state index contributed by atoms with van der Waals surface area (Å²) in [5, 5.41) is 6.05. The number of amides is 2. The molecular formula is C24H21ClF2N6OS. The van der Waals surface area contributed by atoms with Gasteiger partial charge in [0.05, 0.1) is 26.3 Å². The van der Waals surface area contributed by atoms with Gasteiger partial charge in [0.2, 0.25) is 5.95 Å². The third kappa shape index (κ3) is 5.55. The molecule has 11 heteroatoms. The number of hydrogen-bond acceptors (Lipinski definition) is 6. The van der Waals surface area contributed by atoms with E-state index in [0.717, 1.165) is 11.1 Å². The lowest BCUT2D eigenvalue weighted by molar-refractivity contribution is 0.262. The quantitative estimate of drug-likeness (QED) is 0.280. The van der Waals surface area contributed by atoms with E-state index in [1.165, 1.54) is 47.9 Å². The van der Waals surface area contributed by atoms with Gasteiger partial charge in [-0.1, -0.05) is 32.4 Å². The van der Waals surface area contributed by atoms with Crippen molar-refractivity contribution in [2.45, 2.75) is 26.2 Å². The molecule has 0 fully saturated rings. The number of urea groups is 1. The molecule has 0 saturated heterocycles. The van der Waals surface area contributed by atoms with Gasteiger partial charge in [-0.2, -0.15) is 0 Å². The summed E-state index contributed by atoms with van der Waals surface area (Å²) in [5.74, 6) is -0.981. The summed E-state index contributed by atoms with van der Waals surface area (Å²) in [4.78, 5) is 25.9. The summed E-state index contributed by atoms with van der Waals surface area (Å²) in [5.41, 5.74) is 7.02. The molecule has 0 atom stereocenters. The van der Waals surface area contributed by atoms with Crippen LogP contribution in [0.4, 0.5) is 30.9 Å². The Bertz CT molecular complexity index is 1420. The van der Waals surface area contributed by atoms with Crippen LogP contribution >= 0.6 is 22.9 Å². The van der Waals surface area contributed by atoms with E-state index >= 15 is 4.39 Å². The van der Waals surface area contributed by atoms with E-state index in [2.05, 4.69) is 20.6 Å². The number of thiazole rings is 1. The topological polar surface area (TPSA) is 106 Å². The number of anilines is 3. The van der Waals surface area contributed by atoms with Crippen molar-refractivity contribution < 1.29 is 13.6 Å². The van der Waals surface area contributed by atoms with Gasteiger partial charge in [-0.05, 0) is 42.5 Å². The highest BCUT2D eigenvalue weighted by molar-refractivity contribution is 7.15. The summed E-state index contributed by atoms with van der Waals surface area (Å²) in [6, 6.07) is 8.76. The Hall–Kier alpha value is -3.63. The van der Waals surface area contributed by atoms with Gasteiger partial charge >= 0.3 is 6.03 Å². The molecule has 7 nitrogen and oxygen atoms in total. The van der Waals surface area contributed by atoms with E-state index in [0.29, 0.717) is 22.0 Å². The molecule has 0 aliphatic carbocycles. The highest BCUT2D eigenvalue weighted by Crippen LogP contribution is 2.42. The maximum Gasteiger partial charge on any atom is 0.323 e. The summed E-state index contributed by atoms with van der Waals surface area (Å²) >= 11 is 7.34. The molecule has 4 N–H and O–H groups in total. The Kier molecular flexibility index (Phi) is 6.68. The minimum atomic E-state index is -0.668. The van der Waals surface area contributed by atoms with Crippen LogP contribution in [0.3, 0.4) is 0 Å². The monoisotopic (exact) mass is 514 g/mol. The zero-order valence-corrected chi connectivity index (χ0v) is 20.6. The van der Waals surface area contributed by atoms with Crippen LogP contribution in [0.1, 0.15) is 25.8 Å². The van der Waals surface area contributed by atoms with Crippen LogP contribution in [0, 0.1) is 11.6 Å². The van der Waals surface area contributed by atoms with Crippen LogP contribution < -0.4 is 16.4 Å². The third-order valence-corrected chi connectivity index (χ3v) is 6.68. The van der Waals surface area contributed by atoms with Crippen molar-refractivity contribution in [3.05, 3.63) is 70.3 Å². The zero-order valence-electron chi connectivity index (χ0n) is 19.0. The number of nitrogens with one attached hydrogen (secondary N) is 2. The lowest BCUT2D eigenvalue weighted by atomic mass is 9.98. The molecule has 2 heterocycles. The number of carbonyl (C=O) groups excluding carboxylic acids is 1. The molecule has 180 valence electrons. The first-order valence-corrected chi connectivity index (χ1v) is 11.6. The normalized spacial score (nSPS) is 11.4. The van der Waals surface area contributed by atoms with E-state index in [1.54, 1.807) is 6.07 Å².